The first kappa shape index (κ1) is 15.7. The molecule has 0 amide bonds. The van der Waals surface area contributed by atoms with Crippen LogP contribution in [0, 0.1) is 5.92 Å². The van der Waals surface area contributed by atoms with Crippen molar-refractivity contribution in [1.82, 2.24) is 5.32 Å². The summed E-state index contributed by atoms with van der Waals surface area (Å²) in [6.07, 6.45) is 1.09. The van der Waals surface area contributed by atoms with E-state index < -0.39 is 0 Å². The highest BCUT2D eigenvalue weighted by Crippen LogP contribution is 2.28. The molecule has 1 N–H and O–H groups in total. The van der Waals surface area contributed by atoms with Crippen molar-refractivity contribution in [2.45, 2.75) is 26.2 Å². The fourth-order valence-corrected chi connectivity index (χ4v) is 3.63. The van der Waals surface area contributed by atoms with Gasteiger partial charge in [-0.1, -0.05) is 48.0 Å². The second-order valence-electron chi connectivity index (χ2n) is 5.61. The Balaban J connectivity index is 2.09. The van der Waals surface area contributed by atoms with E-state index in [4.69, 9.17) is 0 Å². The fourth-order valence-electron chi connectivity index (χ4n) is 2.34. The van der Waals surface area contributed by atoms with Crippen molar-refractivity contribution >= 4 is 27.3 Å². The number of rotatable bonds is 7. The van der Waals surface area contributed by atoms with Crippen molar-refractivity contribution in [3.8, 4) is 0 Å². The second kappa shape index (κ2) is 7.96. The third kappa shape index (κ3) is 4.72. The van der Waals surface area contributed by atoms with Crippen LogP contribution in [0.5, 0.6) is 0 Å². The number of halogens is 1. The van der Waals surface area contributed by atoms with Crippen molar-refractivity contribution in [3.63, 3.8) is 0 Å². The minimum absolute atomic E-state index is 0.513. The average molecular weight is 352 g/mol. The summed E-state index contributed by atoms with van der Waals surface area (Å²) in [5.41, 5.74) is 2.83. The molecule has 1 heterocycles. The molecule has 0 spiro atoms. The first-order chi connectivity index (χ1) is 9.66. The van der Waals surface area contributed by atoms with Gasteiger partial charge in [0.05, 0.1) is 0 Å². The van der Waals surface area contributed by atoms with Crippen molar-refractivity contribution < 1.29 is 0 Å². The van der Waals surface area contributed by atoms with Gasteiger partial charge in [-0.25, -0.2) is 0 Å². The van der Waals surface area contributed by atoms with Gasteiger partial charge in [0.25, 0.3) is 0 Å². The van der Waals surface area contributed by atoms with Gasteiger partial charge >= 0.3 is 0 Å². The molecular weight excluding hydrogens is 330 g/mol. The molecule has 20 heavy (non-hydrogen) atoms. The van der Waals surface area contributed by atoms with Crippen LogP contribution in [0.25, 0.3) is 0 Å². The predicted octanol–water partition coefficient (Wildman–Crippen LogP) is 5.08. The van der Waals surface area contributed by atoms with E-state index in [1.807, 2.05) is 0 Å². The van der Waals surface area contributed by atoms with E-state index in [0.29, 0.717) is 11.8 Å². The van der Waals surface area contributed by atoms with Crippen LogP contribution in [0.4, 0.5) is 0 Å². The van der Waals surface area contributed by atoms with Gasteiger partial charge in [-0.05, 0) is 52.9 Å². The highest BCUT2D eigenvalue weighted by molar-refractivity contribution is 9.10. The number of benzene rings is 1. The maximum Gasteiger partial charge on any atom is 0.0210 e. The Morgan fingerprint density at radius 3 is 2.60 bits per heavy atom. The van der Waals surface area contributed by atoms with Crippen LogP contribution < -0.4 is 5.32 Å². The first-order valence-electron chi connectivity index (χ1n) is 7.13. The third-order valence-corrected chi connectivity index (χ3v) is 4.80. The lowest BCUT2D eigenvalue weighted by molar-refractivity contribution is 0.513. The van der Waals surface area contributed by atoms with Crippen LogP contribution >= 0.6 is 27.3 Å². The van der Waals surface area contributed by atoms with Crippen molar-refractivity contribution in [2.24, 2.45) is 5.92 Å². The Labute approximate surface area is 134 Å². The SMILES string of the molecule is CC(C)CNCC(Cc1ccsc1)c1ccccc1Br. The Morgan fingerprint density at radius 1 is 1.15 bits per heavy atom. The molecule has 0 bridgehead atoms. The smallest absolute Gasteiger partial charge is 0.0210 e. The highest BCUT2D eigenvalue weighted by Gasteiger charge is 2.15. The zero-order valence-electron chi connectivity index (χ0n) is 12.1. The molecule has 2 aromatic rings. The largest absolute Gasteiger partial charge is 0.316 e. The van der Waals surface area contributed by atoms with Gasteiger partial charge in [0.15, 0.2) is 0 Å². The number of hydrogen-bond acceptors (Lipinski definition) is 2. The molecule has 0 aliphatic rings. The Hall–Kier alpha value is -0.640. The summed E-state index contributed by atoms with van der Waals surface area (Å²) >= 11 is 5.47. The fraction of sp³-hybridized carbons (Fsp3) is 0.412. The minimum Gasteiger partial charge on any atom is -0.316 e. The summed E-state index contributed by atoms with van der Waals surface area (Å²) in [7, 11) is 0. The molecule has 0 fully saturated rings. The van der Waals surface area contributed by atoms with E-state index in [9.17, 15) is 0 Å². The Morgan fingerprint density at radius 2 is 1.95 bits per heavy atom. The van der Waals surface area contributed by atoms with Crippen molar-refractivity contribution in [3.05, 3.63) is 56.7 Å². The van der Waals surface area contributed by atoms with Crippen LogP contribution in [0.1, 0.15) is 30.9 Å². The summed E-state index contributed by atoms with van der Waals surface area (Å²) in [6.45, 7) is 6.60. The summed E-state index contributed by atoms with van der Waals surface area (Å²) in [4.78, 5) is 0. The molecule has 0 aliphatic carbocycles. The molecule has 0 aliphatic heterocycles. The quantitative estimate of drug-likeness (QED) is 0.733. The van der Waals surface area contributed by atoms with Crippen LogP contribution in [0.2, 0.25) is 0 Å². The predicted molar refractivity (Wildman–Crippen MR) is 92.6 cm³/mol. The van der Waals surface area contributed by atoms with Gasteiger partial charge in [0.1, 0.15) is 0 Å². The van der Waals surface area contributed by atoms with Gasteiger partial charge < -0.3 is 5.32 Å². The number of hydrogen-bond donors (Lipinski definition) is 1. The topological polar surface area (TPSA) is 12.0 Å². The summed E-state index contributed by atoms with van der Waals surface area (Å²) < 4.78 is 1.21. The molecule has 2 rings (SSSR count). The molecule has 1 aromatic carbocycles. The van der Waals surface area contributed by atoms with Gasteiger partial charge in [-0.15, -0.1) is 0 Å². The van der Waals surface area contributed by atoms with E-state index in [1.54, 1.807) is 11.3 Å². The molecule has 108 valence electrons. The first-order valence-corrected chi connectivity index (χ1v) is 8.86. The molecule has 1 atom stereocenters. The summed E-state index contributed by atoms with van der Waals surface area (Å²) in [5, 5.41) is 8.02. The summed E-state index contributed by atoms with van der Waals surface area (Å²) in [6, 6.07) is 10.8. The molecule has 0 saturated heterocycles. The molecule has 3 heteroatoms. The van der Waals surface area contributed by atoms with E-state index >= 15 is 0 Å². The van der Waals surface area contributed by atoms with Crippen LogP contribution in [-0.2, 0) is 6.42 Å². The normalized spacial score (nSPS) is 12.8. The maximum atomic E-state index is 3.70. The lowest BCUT2D eigenvalue weighted by Crippen LogP contribution is -2.26. The van der Waals surface area contributed by atoms with Crippen LogP contribution in [0.15, 0.2) is 45.6 Å². The van der Waals surface area contributed by atoms with Crippen LogP contribution in [-0.4, -0.2) is 13.1 Å². The Kier molecular flexibility index (Phi) is 6.27. The van der Waals surface area contributed by atoms with E-state index in [-0.39, 0.29) is 0 Å². The molecule has 1 nitrogen and oxygen atoms in total. The lowest BCUT2D eigenvalue weighted by Gasteiger charge is -2.20. The summed E-state index contributed by atoms with van der Waals surface area (Å²) in [5.74, 6) is 1.20. The lowest BCUT2D eigenvalue weighted by atomic mass is 9.93. The monoisotopic (exact) mass is 351 g/mol. The molecule has 1 aromatic heterocycles. The molecule has 1 unspecified atom stereocenters. The van der Waals surface area contributed by atoms with Gasteiger partial charge in [-0.3, -0.25) is 0 Å². The molecule has 0 saturated carbocycles. The van der Waals surface area contributed by atoms with E-state index in [1.165, 1.54) is 15.6 Å². The molecule has 0 radical (unpaired) electrons. The van der Waals surface area contributed by atoms with Gasteiger partial charge in [0.2, 0.25) is 0 Å². The second-order valence-corrected chi connectivity index (χ2v) is 7.24. The number of nitrogens with one attached hydrogen (secondary N) is 1. The highest BCUT2D eigenvalue weighted by atomic mass is 79.9. The maximum absolute atomic E-state index is 3.70. The minimum atomic E-state index is 0.513. The standard InChI is InChI=1S/C17H22BrNS/c1-13(2)10-19-11-15(9-14-7-8-20-12-14)16-5-3-4-6-17(16)18/h3-8,12-13,15,19H,9-11H2,1-2H3. The van der Waals surface area contributed by atoms with Crippen LogP contribution in [0.3, 0.4) is 0 Å². The van der Waals surface area contributed by atoms with E-state index in [2.05, 4.69) is 76.2 Å². The average Bonchev–Trinajstić information content (AvgIpc) is 2.91. The van der Waals surface area contributed by atoms with Gasteiger partial charge in [-0.2, -0.15) is 11.3 Å². The molecular formula is C17H22BrNS. The zero-order chi connectivity index (χ0) is 14.4. The van der Waals surface area contributed by atoms with Crippen molar-refractivity contribution in [2.75, 3.05) is 13.1 Å². The van der Waals surface area contributed by atoms with E-state index in [0.717, 1.165) is 19.5 Å². The third-order valence-electron chi connectivity index (χ3n) is 3.35. The van der Waals surface area contributed by atoms with Gasteiger partial charge in [0, 0.05) is 16.9 Å². The Bertz CT molecular complexity index is 507. The number of thiophene rings is 1. The zero-order valence-corrected chi connectivity index (χ0v) is 14.5. The van der Waals surface area contributed by atoms with Crippen molar-refractivity contribution in [1.29, 1.82) is 0 Å².